The minimum absolute atomic E-state index is 0.616. The molecule has 2 aliphatic heterocycles. The highest BCUT2D eigenvalue weighted by molar-refractivity contribution is 5.75. The van der Waals surface area contributed by atoms with E-state index in [1.165, 1.54) is 0 Å². The predicted molar refractivity (Wildman–Crippen MR) is 121 cm³/mol. The van der Waals surface area contributed by atoms with Crippen LogP contribution >= 0.6 is 0 Å². The fraction of sp³-hybridized carbons (Fsp3) is 0.273. The molecular formula is C22H22N8O2. The van der Waals surface area contributed by atoms with Crippen LogP contribution in [0, 0.1) is 0 Å². The molecule has 0 bridgehead atoms. The highest BCUT2D eigenvalue weighted by Gasteiger charge is 2.16. The first-order valence-electron chi connectivity index (χ1n) is 10.6. The van der Waals surface area contributed by atoms with E-state index < -0.39 is 0 Å². The Labute approximate surface area is 184 Å². The number of aromatic nitrogens is 5. The summed E-state index contributed by atoms with van der Waals surface area (Å²) in [7, 11) is 0. The Kier molecular flexibility index (Phi) is 4.69. The Balaban J connectivity index is 1.31. The van der Waals surface area contributed by atoms with Gasteiger partial charge in [-0.25, -0.2) is 19.9 Å². The van der Waals surface area contributed by atoms with Crippen molar-refractivity contribution in [1.82, 2.24) is 24.3 Å². The van der Waals surface area contributed by atoms with Crippen LogP contribution < -0.4 is 20.3 Å². The first-order valence-corrected chi connectivity index (χ1v) is 10.6. The van der Waals surface area contributed by atoms with Gasteiger partial charge in [0, 0.05) is 50.0 Å². The quantitative estimate of drug-likeness (QED) is 0.506. The van der Waals surface area contributed by atoms with E-state index in [1.807, 2.05) is 41.2 Å². The number of fused-ring (bicyclic) bond motifs is 2. The van der Waals surface area contributed by atoms with Gasteiger partial charge in [0.1, 0.15) is 12.4 Å². The fourth-order valence-corrected chi connectivity index (χ4v) is 3.90. The second-order valence-electron chi connectivity index (χ2n) is 7.61. The molecule has 0 aromatic carbocycles. The number of hydrogen-bond acceptors (Lipinski definition) is 9. The lowest BCUT2D eigenvalue weighted by molar-refractivity contribution is 0.122. The van der Waals surface area contributed by atoms with Gasteiger partial charge in [-0.1, -0.05) is 0 Å². The molecule has 4 aromatic rings. The standard InChI is InChI=1S/C22H22N8O2/c1-2-19(29-6-9-31-10-7-29)25-13-16(1)27-20-21-24-3-5-30(21)14-18(28-20)15-11-17-22(26-12-15)32-8-4-23-17/h1-3,5,11-14,23H,4,6-10H2,(H,27,28). The van der Waals surface area contributed by atoms with Gasteiger partial charge < -0.3 is 29.4 Å². The number of pyridine rings is 2. The molecule has 0 amide bonds. The molecule has 2 aliphatic rings. The largest absolute Gasteiger partial charge is 0.474 e. The third kappa shape index (κ3) is 3.54. The summed E-state index contributed by atoms with van der Waals surface area (Å²) in [6.07, 6.45) is 9.20. The summed E-state index contributed by atoms with van der Waals surface area (Å²) in [4.78, 5) is 20.6. The van der Waals surface area contributed by atoms with Crippen LogP contribution in [-0.4, -0.2) is 63.8 Å². The van der Waals surface area contributed by atoms with E-state index in [4.69, 9.17) is 14.5 Å². The molecule has 32 heavy (non-hydrogen) atoms. The third-order valence-corrected chi connectivity index (χ3v) is 5.52. The number of hydrogen-bond donors (Lipinski definition) is 2. The molecule has 1 saturated heterocycles. The van der Waals surface area contributed by atoms with Crippen molar-refractivity contribution in [2.75, 3.05) is 55.0 Å². The minimum atomic E-state index is 0.616. The van der Waals surface area contributed by atoms with E-state index in [9.17, 15) is 0 Å². The molecule has 2 N–H and O–H groups in total. The number of nitrogens with one attached hydrogen (secondary N) is 2. The number of ether oxygens (including phenoxy) is 2. The summed E-state index contributed by atoms with van der Waals surface area (Å²) in [5.41, 5.74) is 4.12. The van der Waals surface area contributed by atoms with Crippen molar-refractivity contribution in [3.05, 3.63) is 49.2 Å². The van der Waals surface area contributed by atoms with E-state index in [1.54, 1.807) is 12.4 Å². The second kappa shape index (κ2) is 7.97. The van der Waals surface area contributed by atoms with Crippen LogP contribution in [0.5, 0.6) is 5.88 Å². The van der Waals surface area contributed by atoms with Gasteiger partial charge in [0.15, 0.2) is 11.5 Å². The molecule has 6 heterocycles. The number of rotatable bonds is 4. The summed E-state index contributed by atoms with van der Waals surface area (Å²) in [5.74, 6) is 2.21. The van der Waals surface area contributed by atoms with Crippen molar-refractivity contribution >= 4 is 28.7 Å². The SMILES string of the molecule is c1cn2cc(-c3cnc4c(c3)NCCO4)nc(Nc3ccc(N4CCOCC4)nc3)c2n1. The molecule has 0 aliphatic carbocycles. The highest BCUT2D eigenvalue weighted by Crippen LogP contribution is 2.31. The molecule has 10 heteroatoms. The molecule has 0 spiro atoms. The summed E-state index contributed by atoms with van der Waals surface area (Å²) >= 11 is 0. The Hall–Kier alpha value is -3.92. The van der Waals surface area contributed by atoms with Gasteiger partial charge in [-0.15, -0.1) is 0 Å². The Morgan fingerprint density at radius 3 is 2.84 bits per heavy atom. The Bertz CT molecular complexity index is 1250. The van der Waals surface area contributed by atoms with Gasteiger partial charge in [0.05, 0.1) is 36.5 Å². The summed E-state index contributed by atoms with van der Waals surface area (Å²) < 4.78 is 13.0. The zero-order chi connectivity index (χ0) is 21.3. The van der Waals surface area contributed by atoms with Crippen LogP contribution in [0.15, 0.2) is 49.2 Å². The van der Waals surface area contributed by atoms with Crippen molar-refractivity contribution in [1.29, 1.82) is 0 Å². The average molecular weight is 430 g/mol. The summed E-state index contributed by atoms with van der Waals surface area (Å²) in [6.45, 7) is 4.54. The lowest BCUT2D eigenvalue weighted by atomic mass is 10.2. The number of imidazole rings is 1. The molecule has 0 atom stereocenters. The van der Waals surface area contributed by atoms with Crippen LogP contribution in [-0.2, 0) is 4.74 Å². The minimum Gasteiger partial charge on any atom is -0.474 e. The maximum Gasteiger partial charge on any atom is 0.237 e. The molecule has 0 saturated carbocycles. The van der Waals surface area contributed by atoms with Gasteiger partial charge in [0.25, 0.3) is 0 Å². The summed E-state index contributed by atoms with van der Waals surface area (Å²) in [5, 5.41) is 6.70. The Morgan fingerprint density at radius 1 is 1.03 bits per heavy atom. The molecule has 10 nitrogen and oxygen atoms in total. The maximum atomic E-state index is 5.59. The van der Waals surface area contributed by atoms with E-state index in [0.29, 0.717) is 18.3 Å². The first-order chi connectivity index (χ1) is 15.8. The van der Waals surface area contributed by atoms with Crippen molar-refractivity contribution in [2.45, 2.75) is 0 Å². The molecule has 6 rings (SSSR count). The fourth-order valence-electron chi connectivity index (χ4n) is 3.90. The van der Waals surface area contributed by atoms with Gasteiger partial charge in [-0.05, 0) is 18.2 Å². The number of nitrogens with zero attached hydrogens (tertiary/aromatic N) is 6. The van der Waals surface area contributed by atoms with Gasteiger partial charge in [-0.3, -0.25) is 0 Å². The normalized spacial score (nSPS) is 15.7. The Morgan fingerprint density at radius 2 is 1.97 bits per heavy atom. The molecule has 1 fully saturated rings. The molecule has 4 aromatic heterocycles. The molecule has 162 valence electrons. The third-order valence-electron chi connectivity index (χ3n) is 5.52. The lowest BCUT2D eigenvalue weighted by Crippen LogP contribution is -2.36. The van der Waals surface area contributed by atoms with Crippen molar-refractivity contribution in [2.24, 2.45) is 0 Å². The number of morpholine rings is 1. The monoisotopic (exact) mass is 430 g/mol. The van der Waals surface area contributed by atoms with Gasteiger partial charge in [0.2, 0.25) is 5.88 Å². The summed E-state index contributed by atoms with van der Waals surface area (Å²) in [6, 6.07) is 6.03. The number of anilines is 4. The maximum absolute atomic E-state index is 5.59. The van der Waals surface area contributed by atoms with Crippen molar-refractivity contribution in [3.8, 4) is 17.1 Å². The molecule has 0 unspecified atom stereocenters. The first kappa shape index (κ1) is 18.8. The van der Waals surface area contributed by atoms with Gasteiger partial charge in [-0.2, -0.15) is 0 Å². The van der Waals surface area contributed by atoms with Crippen LogP contribution in [0.2, 0.25) is 0 Å². The zero-order valence-corrected chi connectivity index (χ0v) is 17.4. The lowest BCUT2D eigenvalue weighted by Gasteiger charge is -2.27. The van der Waals surface area contributed by atoms with Crippen LogP contribution in [0.25, 0.3) is 16.9 Å². The topological polar surface area (TPSA) is 102 Å². The van der Waals surface area contributed by atoms with Crippen LogP contribution in [0.4, 0.5) is 23.0 Å². The van der Waals surface area contributed by atoms with Crippen molar-refractivity contribution in [3.63, 3.8) is 0 Å². The molecular weight excluding hydrogens is 408 g/mol. The smallest absolute Gasteiger partial charge is 0.237 e. The van der Waals surface area contributed by atoms with E-state index in [-0.39, 0.29) is 0 Å². The average Bonchev–Trinajstić information content (AvgIpc) is 3.34. The van der Waals surface area contributed by atoms with Crippen LogP contribution in [0.3, 0.4) is 0 Å². The second-order valence-corrected chi connectivity index (χ2v) is 7.61. The predicted octanol–water partition coefficient (Wildman–Crippen LogP) is 2.57. The highest BCUT2D eigenvalue weighted by atomic mass is 16.5. The zero-order valence-electron chi connectivity index (χ0n) is 17.4. The van der Waals surface area contributed by atoms with E-state index >= 15 is 0 Å². The van der Waals surface area contributed by atoms with Gasteiger partial charge >= 0.3 is 0 Å². The van der Waals surface area contributed by atoms with Crippen molar-refractivity contribution < 1.29 is 9.47 Å². The molecule has 0 radical (unpaired) electrons. The van der Waals surface area contributed by atoms with E-state index in [0.717, 1.165) is 66.9 Å². The van der Waals surface area contributed by atoms with E-state index in [2.05, 4.69) is 30.5 Å². The van der Waals surface area contributed by atoms with Crippen LogP contribution in [0.1, 0.15) is 0 Å².